The lowest BCUT2D eigenvalue weighted by atomic mass is 9.87. The van der Waals surface area contributed by atoms with Crippen LogP contribution in [0, 0.1) is 0 Å². The Bertz CT molecular complexity index is 727. The molecular formula is C21H25NO4. The van der Waals surface area contributed by atoms with Crippen LogP contribution in [0.15, 0.2) is 54.6 Å². The average molecular weight is 355 g/mol. The summed E-state index contributed by atoms with van der Waals surface area (Å²) in [6, 6.07) is 16.3. The van der Waals surface area contributed by atoms with Crippen molar-refractivity contribution >= 4 is 11.9 Å². The van der Waals surface area contributed by atoms with E-state index in [1.807, 2.05) is 30.3 Å². The zero-order valence-corrected chi connectivity index (χ0v) is 14.9. The van der Waals surface area contributed by atoms with Gasteiger partial charge in [-0.15, -0.1) is 0 Å². The summed E-state index contributed by atoms with van der Waals surface area (Å²) in [4.78, 5) is 24.2. The van der Waals surface area contributed by atoms with E-state index in [2.05, 4.69) is 5.32 Å². The van der Waals surface area contributed by atoms with Crippen molar-refractivity contribution in [2.45, 2.75) is 44.6 Å². The largest absolute Gasteiger partial charge is 0.508 e. The molecule has 0 spiro atoms. The number of hydrogen-bond donors (Lipinski definition) is 3. The first-order valence-corrected chi connectivity index (χ1v) is 8.81. The van der Waals surface area contributed by atoms with Crippen LogP contribution in [0.2, 0.25) is 0 Å². The molecule has 0 aliphatic carbocycles. The van der Waals surface area contributed by atoms with Crippen molar-refractivity contribution in [1.82, 2.24) is 5.32 Å². The maximum Gasteiger partial charge on any atom is 0.329 e. The van der Waals surface area contributed by atoms with Crippen LogP contribution in [0.1, 0.15) is 37.3 Å². The van der Waals surface area contributed by atoms with Crippen molar-refractivity contribution in [3.05, 3.63) is 65.7 Å². The second-order valence-electron chi connectivity index (χ2n) is 6.47. The van der Waals surface area contributed by atoms with E-state index < -0.39 is 11.5 Å². The minimum atomic E-state index is -1.35. The Morgan fingerprint density at radius 1 is 1.00 bits per heavy atom. The maximum atomic E-state index is 12.3. The number of carboxylic acids is 1. The fourth-order valence-electron chi connectivity index (χ4n) is 2.93. The number of aryl methyl sites for hydroxylation is 1. The van der Waals surface area contributed by atoms with Crippen LogP contribution >= 0.6 is 0 Å². The monoisotopic (exact) mass is 355 g/mol. The number of hydrogen-bond acceptors (Lipinski definition) is 3. The molecule has 0 saturated carbocycles. The van der Waals surface area contributed by atoms with Crippen LogP contribution in [-0.4, -0.2) is 27.6 Å². The maximum absolute atomic E-state index is 12.3. The van der Waals surface area contributed by atoms with Crippen LogP contribution in [0.4, 0.5) is 0 Å². The van der Waals surface area contributed by atoms with Crippen molar-refractivity contribution in [2.75, 3.05) is 0 Å². The summed E-state index contributed by atoms with van der Waals surface area (Å²) in [5.74, 6) is -1.19. The highest BCUT2D eigenvalue weighted by molar-refractivity contribution is 5.87. The number of rotatable bonds is 9. The number of phenolic OH excluding ortho intramolecular Hbond substituents is 1. The lowest BCUT2D eigenvalue weighted by Gasteiger charge is -2.29. The van der Waals surface area contributed by atoms with Gasteiger partial charge in [0.15, 0.2) is 0 Å². The van der Waals surface area contributed by atoms with Crippen molar-refractivity contribution in [3.8, 4) is 5.75 Å². The molecule has 138 valence electrons. The molecule has 26 heavy (non-hydrogen) atoms. The summed E-state index contributed by atoms with van der Waals surface area (Å²) >= 11 is 0. The quantitative estimate of drug-likeness (QED) is 0.644. The van der Waals surface area contributed by atoms with E-state index in [1.165, 1.54) is 12.1 Å². The van der Waals surface area contributed by atoms with E-state index in [-0.39, 0.29) is 30.9 Å². The normalized spacial score (nSPS) is 13.0. The highest BCUT2D eigenvalue weighted by Gasteiger charge is 2.38. The van der Waals surface area contributed by atoms with Gasteiger partial charge in [-0.3, -0.25) is 4.79 Å². The number of phenols is 1. The van der Waals surface area contributed by atoms with E-state index in [4.69, 9.17) is 0 Å². The Labute approximate surface area is 153 Å². The number of carbonyl (C=O) groups excluding carboxylic acids is 1. The molecule has 0 saturated heterocycles. The first-order chi connectivity index (χ1) is 12.4. The van der Waals surface area contributed by atoms with E-state index in [0.717, 1.165) is 17.5 Å². The van der Waals surface area contributed by atoms with Gasteiger partial charge < -0.3 is 15.5 Å². The third-order valence-electron chi connectivity index (χ3n) is 4.55. The topological polar surface area (TPSA) is 86.6 Å². The number of carbonyl (C=O) groups is 2. The van der Waals surface area contributed by atoms with E-state index >= 15 is 0 Å². The Morgan fingerprint density at radius 2 is 1.65 bits per heavy atom. The van der Waals surface area contributed by atoms with Crippen molar-refractivity contribution in [3.63, 3.8) is 0 Å². The molecule has 1 amide bonds. The fraction of sp³-hybridized carbons (Fsp3) is 0.333. The smallest absolute Gasteiger partial charge is 0.329 e. The lowest BCUT2D eigenvalue weighted by Crippen LogP contribution is -2.55. The molecule has 2 aromatic carbocycles. The average Bonchev–Trinajstić information content (AvgIpc) is 2.63. The molecule has 0 aromatic heterocycles. The third-order valence-corrected chi connectivity index (χ3v) is 4.55. The summed E-state index contributed by atoms with van der Waals surface area (Å²) < 4.78 is 0. The van der Waals surface area contributed by atoms with E-state index in [1.54, 1.807) is 19.1 Å². The lowest BCUT2D eigenvalue weighted by molar-refractivity contribution is -0.147. The van der Waals surface area contributed by atoms with E-state index in [9.17, 15) is 19.8 Å². The van der Waals surface area contributed by atoms with E-state index in [0.29, 0.717) is 6.42 Å². The molecule has 5 nitrogen and oxygen atoms in total. The summed E-state index contributed by atoms with van der Waals surface area (Å²) in [6.45, 7) is 1.75. The van der Waals surface area contributed by atoms with Gasteiger partial charge in [-0.1, -0.05) is 49.4 Å². The SMILES string of the molecule is CC[C@@](Cc1ccc(O)cc1)(NC(=O)CCCc1ccccc1)C(=O)O. The molecule has 3 N–H and O–H groups in total. The molecule has 0 heterocycles. The third kappa shape index (κ3) is 5.34. The second-order valence-corrected chi connectivity index (χ2v) is 6.47. The standard InChI is InChI=1S/C21H25NO4/c1-2-21(20(25)26,15-17-11-13-18(23)14-12-17)22-19(24)10-6-9-16-7-4-3-5-8-16/h3-5,7-8,11-14,23H,2,6,9-10,15H2,1H3,(H,22,24)(H,25,26)/t21-/m0/s1. The molecule has 0 unspecified atom stereocenters. The molecule has 0 radical (unpaired) electrons. The number of aromatic hydroxyl groups is 1. The number of carboxylic acid groups (broad SMARTS) is 1. The molecule has 0 bridgehead atoms. The highest BCUT2D eigenvalue weighted by Crippen LogP contribution is 2.21. The van der Waals surface area contributed by atoms with Crippen LogP contribution in [-0.2, 0) is 22.4 Å². The predicted octanol–water partition coefficient (Wildman–Crippen LogP) is 3.31. The number of benzene rings is 2. The molecule has 0 fully saturated rings. The first kappa shape index (κ1) is 19.5. The number of aliphatic carboxylic acids is 1. The van der Waals surface area contributed by atoms with Crippen LogP contribution in [0.3, 0.4) is 0 Å². The predicted molar refractivity (Wildman–Crippen MR) is 100.0 cm³/mol. The van der Waals surface area contributed by atoms with Gasteiger partial charge in [-0.05, 0) is 42.5 Å². The van der Waals surface area contributed by atoms with Crippen LogP contribution in [0.25, 0.3) is 0 Å². The molecule has 1 atom stereocenters. The Kier molecular flexibility index (Phi) is 6.78. The summed E-state index contributed by atoms with van der Waals surface area (Å²) in [5.41, 5.74) is 0.557. The van der Waals surface area contributed by atoms with Gasteiger partial charge in [0, 0.05) is 12.8 Å². The zero-order chi connectivity index (χ0) is 19.0. The van der Waals surface area contributed by atoms with Gasteiger partial charge in [0.2, 0.25) is 5.91 Å². The van der Waals surface area contributed by atoms with Gasteiger partial charge in [0.25, 0.3) is 0 Å². The molecular weight excluding hydrogens is 330 g/mol. The van der Waals surface area contributed by atoms with Crippen molar-refractivity contribution in [1.29, 1.82) is 0 Å². The molecule has 0 aliphatic rings. The van der Waals surface area contributed by atoms with Gasteiger partial charge >= 0.3 is 5.97 Å². The highest BCUT2D eigenvalue weighted by atomic mass is 16.4. The second kappa shape index (κ2) is 9.04. The van der Waals surface area contributed by atoms with Gasteiger partial charge in [-0.25, -0.2) is 4.79 Å². The van der Waals surface area contributed by atoms with Gasteiger partial charge in [0.05, 0.1) is 0 Å². The summed E-state index contributed by atoms with van der Waals surface area (Å²) in [7, 11) is 0. The minimum absolute atomic E-state index is 0.121. The van der Waals surface area contributed by atoms with Crippen LogP contribution in [0.5, 0.6) is 5.75 Å². The zero-order valence-electron chi connectivity index (χ0n) is 14.9. The number of amides is 1. The Hall–Kier alpha value is -2.82. The van der Waals surface area contributed by atoms with Crippen molar-refractivity contribution in [2.24, 2.45) is 0 Å². The Balaban J connectivity index is 1.98. The molecule has 2 aromatic rings. The molecule has 0 aliphatic heterocycles. The molecule has 5 heteroatoms. The minimum Gasteiger partial charge on any atom is -0.508 e. The number of nitrogens with one attached hydrogen (secondary N) is 1. The first-order valence-electron chi connectivity index (χ1n) is 8.81. The summed E-state index contributed by atoms with van der Waals surface area (Å²) in [6.07, 6.45) is 2.16. The van der Waals surface area contributed by atoms with Crippen molar-refractivity contribution < 1.29 is 19.8 Å². The Morgan fingerprint density at radius 3 is 2.23 bits per heavy atom. The van der Waals surface area contributed by atoms with Crippen LogP contribution < -0.4 is 5.32 Å². The van der Waals surface area contributed by atoms with Gasteiger partial charge in [-0.2, -0.15) is 0 Å². The van der Waals surface area contributed by atoms with Gasteiger partial charge in [0.1, 0.15) is 11.3 Å². The fourth-order valence-corrected chi connectivity index (χ4v) is 2.93. The summed E-state index contributed by atoms with van der Waals surface area (Å²) in [5, 5.41) is 21.8. The molecule has 2 rings (SSSR count).